The topological polar surface area (TPSA) is 110 Å². The maximum atomic E-state index is 10.1. The third-order valence-electron chi connectivity index (χ3n) is 7.54. The monoisotopic (exact) mass is 464 g/mol. The van der Waals surface area contributed by atoms with Crippen LogP contribution in [0.1, 0.15) is 43.5 Å². The number of ether oxygens (including phenoxy) is 1. The van der Waals surface area contributed by atoms with Crippen molar-refractivity contribution in [2.45, 2.75) is 60.8 Å². The number of nitrogens with two attached hydrogens (primary N) is 1. The molecule has 33 heavy (non-hydrogen) atoms. The van der Waals surface area contributed by atoms with Crippen LogP contribution in [0.25, 0.3) is 11.2 Å². The number of piperidine rings is 1. The van der Waals surface area contributed by atoms with Crippen molar-refractivity contribution in [3.63, 3.8) is 0 Å². The molecule has 5 heterocycles. The largest absolute Gasteiger partial charge is 0.387 e. The van der Waals surface area contributed by atoms with Gasteiger partial charge in [0, 0.05) is 35.6 Å². The fourth-order valence-electron chi connectivity index (χ4n) is 5.39. The van der Waals surface area contributed by atoms with Crippen molar-refractivity contribution in [2.75, 3.05) is 24.6 Å². The molecule has 3 aromatic rings. The zero-order chi connectivity index (χ0) is 22.6. The highest BCUT2D eigenvalue weighted by Gasteiger charge is 2.47. The Kier molecular flexibility index (Phi) is 5.25. The Morgan fingerprint density at radius 3 is 2.82 bits per heavy atom. The summed E-state index contributed by atoms with van der Waals surface area (Å²) in [5.74, 6) is 0.890. The first-order chi connectivity index (χ1) is 16.0. The average molecular weight is 465 g/mol. The van der Waals surface area contributed by atoms with Gasteiger partial charge in [0.2, 0.25) is 0 Å². The summed E-state index contributed by atoms with van der Waals surface area (Å²) in [6.07, 6.45) is 6.86. The highest BCUT2D eigenvalue weighted by Crippen LogP contribution is 2.42. The lowest BCUT2D eigenvalue weighted by Gasteiger charge is -2.41. The zero-order valence-electron chi connectivity index (χ0n) is 18.6. The van der Waals surface area contributed by atoms with E-state index in [9.17, 15) is 5.11 Å². The van der Waals surface area contributed by atoms with Crippen LogP contribution in [0.4, 0.5) is 5.82 Å². The van der Waals surface area contributed by atoms with E-state index in [-0.39, 0.29) is 17.6 Å². The van der Waals surface area contributed by atoms with Gasteiger partial charge < -0.3 is 20.5 Å². The molecule has 8 nitrogen and oxygen atoms in total. The van der Waals surface area contributed by atoms with E-state index in [0.29, 0.717) is 5.65 Å². The van der Waals surface area contributed by atoms with Crippen LogP contribution in [-0.2, 0) is 11.2 Å². The highest BCUT2D eigenvalue weighted by molar-refractivity contribution is 7.99. The van der Waals surface area contributed by atoms with Crippen LogP contribution in [-0.4, -0.2) is 56.9 Å². The number of anilines is 1. The molecule has 3 atom stereocenters. The summed E-state index contributed by atoms with van der Waals surface area (Å²) in [7, 11) is 0. The number of rotatable bonds is 3. The van der Waals surface area contributed by atoms with Crippen LogP contribution in [0.2, 0.25) is 0 Å². The van der Waals surface area contributed by atoms with Crippen molar-refractivity contribution >= 4 is 28.7 Å². The van der Waals surface area contributed by atoms with Crippen molar-refractivity contribution < 1.29 is 9.84 Å². The Morgan fingerprint density at radius 1 is 1.18 bits per heavy atom. The molecule has 172 valence electrons. The first-order valence-electron chi connectivity index (χ1n) is 11.6. The van der Waals surface area contributed by atoms with E-state index < -0.39 is 6.10 Å². The number of pyridine rings is 2. The third-order valence-corrected chi connectivity index (χ3v) is 8.58. The first-order valence-corrected chi connectivity index (χ1v) is 12.4. The molecule has 0 saturated carbocycles. The quantitative estimate of drug-likeness (QED) is 0.604. The number of nitrogens with zero attached hydrogens (tertiary/aromatic N) is 5. The molecule has 1 spiro atoms. The maximum Gasteiger partial charge on any atom is 0.179 e. The second-order valence-electron chi connectivity index (χ2n) is 9.44. The van der Waals surface area contributed by atoms with Gasteiger partial charge in [-0.1, -0.05) is 11.8 Å². The normalized spacial score (nSPS) is 26.3. The Hall–Kier alpha value is -2.33. The second-order valence-corrected chi connectivity index (χ2v) is 10.5. The average Bonchev–Trinajstić information content (AvgIpc) is 3.35. The maximum absolute atomic E-state index is 10.1. The molecular formula is C24H28N6O2S. The Bertz CT molecular complexity index is 1200. The van der Waals surface area contributed by atoms with Crippen molar-refractivity contribution in [1.82, 2.24) is 19.9 Å². The number of hydrogen-bond donors (Lipinski definition) is 2. The van der Waals surface area contributed by atoms with Crippen LogP contribution in [0.15, 0.2) is 40.5 Å². The molecule has 2 saturated heterocycles. The van der Waals surface area contributed by atoms with E-state index in [4.69, 9.17) is 20.4 Å². The molecule has 3 aromatic heterocycles. The van der Waals surface area contributed by atoms with Gasteiger partial charge in [0.25, 0.3) is 0 Å². The molecule has 3 aliphatic rings. The van der Waals surface area contributed by atoms with Gasteiger partial charge in [-0.25, -0.2) is 15.0 Å². The minimum Gasteiger partial charge on any atom is -0.387 e. The van der Waals surface area contributed by atoms with Gasteiger partial charge in [0.1, 0.15) is 16.4 Å². The van der Waals surface area contributed by atoms with E-state index >= 15 is 0 Å². The van der Waals surface area contributed by atoms with Crippen LogP contribution in [0.5, 0.6) is 0 Å². The van der Waals surface area contributed by atoms with Crippen LogP contribution < -0.4 is 10.6 Å². The van der Waals surface area contributed by atoms with Crippen LogP contribution >= 0.6 is 11.8 Å². The van der Waals surface area contributed by atoms with E-state index in [2.05, 4.69) is 21.8 Å². The summed E-state index contributed by atoms with van der Waals surface area (Å²) in [6, 6.07) is 6.08. The van der Waals surface area contributed by atoms with Crippen LogP contribution in [0, 0.1) is 5.41 Å². The molecule has 1 unspecified atom stereocenters. The van der Waals surface area contributed by atoms with Gasteiger partial charge in [0.15, 0.2) is 5.65 Å². The Labute approximate surface area is 197 Å². The van der Waals surface area contributed by atoms with Crippen molar-refractivity contribution in [1.29, 1.82) is 0 Å². The molecule has 0 aromatic carbocycles. The summed E-state index contributed by atoms with van der Waals surface area (Å²) in [4.78, 5) is 22.0. The number of hydrogen-bond acceptors (Lipinski definition) is 9. The Balaban J connectivity index is 1.19. The molecule has 0 bridgehead atoms. The minimum absolute atomic E-state index is 0.0943. The van der Waals surface area contributed by atoms with E-state index in [1.807, 2.05) is 24.4 Å². The van der Waals surface area contributed by atoms with Gasteiger partial charge in [-0.05, 0) is 56.4 Å². The molecule has 9 heteroatoms. The van der Waals surface area contributed by atoms with Crippen molar-refractivity contribution in [3.8, 4) is 0 Å². The predicted octanol–water partition coefficient (Wildman–Crippen LogP) is 2.88. The number of fused-ring (bicyclic) bond motifs is 2. The smallest absolute Gasteiger partial charge is 0.179 e. The second kappa shape index (κ2) is 8.16. The zero-order valence-corrected chi connectivity index (χ0v) is 19.5. The lowest BCUT2D eigenvalue weighted by Crippen LogP contribution is -2.50. The molecule has 1 aliphatic carbocycles. The first kappa shape index (κ1) is 21.2. The van der Waals surface area contributed by atoms with Gasteiger partial charge in [-0.15, -0.1) is 0 Å². The summed E-state index contributed by atoms with van der Waals surface area (Å²) in [6.45, 7) is 4.65. The molecule has 3 N–H and O–H groups in total. The summed E-state index contributed by atoms with van der Waals surface area (Å²) < 4.78 is 5.84. The summed E-state index contributed by atoms with van der Waals surface area (Å²) >= 11 is 1.59. The fraction of sp³-hybridized carbons (Fsp3) is 0.500. The third kappa shape index (κ3) is 3.67. The molecular weight excluding hydrogens is 436 g/mol. The van der Waals surface area contributed by atoms with Gasteiger partial charge in [-0.3, -0.25) is 4.98 Å². The van der Waals surface area contributed by atoms with Crippen molar-refractivity contribution in [2.24, 2.45) is 11.1 Å². The summed E-state index contributed by atoms with van der Waals surface area (Å²) in [5.41, 5.74) is 9.91. The molecule has 0 amide bonds. The lowest BCUT2D eigenvalue weighted by molar-refractivity contribution is 0.0974. The molecule has 0 radical (unpaired) electrons. The standard InChI is InChI=1S/C24H28N6O2S/c1-14-22(25)24(13-32-14)7-10-30(11-8-24)19-12-27-23-16(28-19)3-5-20(29-23)33-18-6-9-26-21-15(18)2-4-17(21)31/h3,5-6,9,12,14,17,22,31H,2,4,7-8,10-11,13,25H2,1H3/t14-,17?,22+/m0/s1. The number of aliphatic hydroxyl groups is 1. The van der Waals surface area contributed by atoms with Crippen molar-refractivity contribution in [3.05, 3.63) is 41.9 Å². The van der Waals surface area contributed by atoms with E-state index in [1.54, 1.807) is 18.0 Å². The van der Waals surface area contributed by atoms with Gasteiger partial charge in [0.05, 0.1) is 30.7 Å². The fourth-order valence-corrected chi connectivity index (χ4v) is 6.35. The number of aliphatic hydroxyl groups excluding tert-OH is 1. The highest BCUT2D eigenvalue weighted by atomic mass is 32.2. The predicted molar refractivity (Wildman–Crippen MR) is 126 cm³/mol. The molecule has 6 rings (SSSR count). The van der Waals surface area contributed by atoms with Crippen LogP contribution in [0.3, 0.4) is 0 Å². The SMILES string of the molecule is C[C@@H]1OCC2(CCN(c3cnc4nc(Sc5ccnc6c5CCC6O)ccc4n3)CC2)[C@@H]1N. The summed E-state index contributed by atoms with van der Waals surface area (Å²) in [5, 5.41) is 11.0. The molecule has 2 fully saturated rings. The van der Waals surface area contributed by atoms with Gasteiger partial charge in [-0.2, -0.15) is 0 Å². The lowest BCUT2D eigenvalue weighted by atomic mass is 9.73. The van der Waals surface area contributed by atoms with Gasteiger partial charge >= 0.3 is 0 Å². The minimum atomic E-state index is -0.459. The molecule has 2 aliphatic heterocycles. The Morgan fingerprint density at radius 2 is 2.03 bits per heavy atom. The van der Waals surface area contributed by atoms with E-state index in [1.165, 1.54) is 0 Å². The number of aromatic nitrogens is 4. The van der Waals surface area contributed by atoms with E-state index in [0.717, 1.165) is 77.9 Å².